The van der Waals surface area contributed by atoms with E-state index in [4.69, 9.17) is 0 Å². The summed E-state index contributed by atoms with van der Waals surface area (Å²) in [6, 6.07) is 25.6. The van der Waals surface area contributed by atoms with E-state index in [0.717, 1.165) is 49.2 Å². The SMILES string of the molecule is O=C(O)c1cccc(-c2ccc(CNC(=O)[C@H]3C[C@H]3c3ccccc3)c3c2CCN(Cc2cccnc2)C3)c1. The van der Waals surface area contributed by atoms with Gasteiger partial charge in [0.1, 0.15) is 0 Å². The van der Waals surface area contributed by atoms with Crippen molar-refractivity contribution >= 4 is 11.9 Å². The predicted molar refractivity (Wildman–Crippen MR) is 150 cm³/mol. The number of aromatic nitrogens is 1. The van der Waals surface area contributed by atoms with E-state index < -0.39 is 5.97 Å². The summed E-state index contributed by atoms with van der Waals surface area (Å²) < 4.78 is 0. The Balaban J connectivity index is 1.25. The molecule has 1 saturated carbocycles. The molecule has 1 aromatic heterocycles. The second-order valence-electron chi connectivity index (χ2n) is 10.5. The number of hydrogen-bond donors (Lipinski definition) is 2. The Morgan fingerprint density at radius 3 is 2.64 bits per heavy atom. The van der Waals surface area contributed by atoms with Crippen molar-refractivity contribution in [1.82, 2.24) is 15.2 Å². The number of nitrogens with zero attached hydrogens (tertiary/aromatic N) is 2. The number of pyridine rings is 1. The fraction of sp³-hybridized carbons (Fsp3) is 0.242. The van der Waals surface area contributed by atoms with Crippen LogP contribution in [0.4, 0.5) is 0 Å². The lowest BCUT2D eigenvalue weighted by atomic mass is 9.87. The van der Waals surface area contributed by atoms with Crippen molar-refractivity contribution < 1.29 is 14.7 Å². The fourth-order valence-electron chi connectivity index (χ4n) is 5.80. The fourth-order valence-corrected chi connectivity index (χ4v) is 5.80. The normalized spacial score (nSPS) is 18.3. The highest BCUT2D eigenvalue weighted by molar-refractivity contribution is 5.89. The molecular weight excluding hydrogens is 486 g/mol. The van der Waals surface area contributed by atoms with Crippen molar-refractivity contribution in [3.05, 3.63) is 125 Å². The number of hydrogen-bond acceptors (Lipinski definition) is 4. The van der Waals surface area contributed by atoms with Gasteiger partial charge in [0, 0.05) is 44.5 Å². The largest absolute Gasteiger partial charge is 0.478 e. The third-order valence-electron chi connectivity index (χ3n) is 7.95. The van der Waals surface area contributed by atoms with Gasteiger partial charge in [0.15, 0.2) is 0 Å². The molecule has 196 valence electrons. The van der Waals surface area contributed by atoms with Crippen LogP contribution >= 0.6 is 0 Å². The van der Waals surface area contributed by atoms with Gasteiger partial charge in [-0.2, -0.15) is 0 Å². The molecular formula is C33H31N3O3. The van der Waals surface area contributed by atoms with Crippen LogP contribution in [0.2, 0.25) is 0 Å². The van der Waals surface area contributed by atoms with Gasteiger partial charge >= 0.3 is 5.97 Å². The molecule has 3 aromatic carbocycles. The van der Waals surface area contributed by atoms with Crippen LogP contribution < -0.4 is 5.32 Å². The highest BCUT2D eigenvalue weighted by Crippen LogP contribution is 2.47. The standard InChI is InChI=1S/C33H31N3O3/c37-32(30-17-29(30)23-7-2-1-3-8-23)35-19-26-11-12-27(24-9-4-10-25(16-24)33(38)39)28-13-15-36(21-31(26)28)20-22-6-5-14-34-18-22/h1-12,14,16,18,29-30H,13,15,17,19-21H2,(H,35,37)(H,38,39)/t29-,30-/m0/s1. The van der Waals surface area contributed by atoms with E-state index in [1.807, 2.05) is 36.5 Å². The topological polar surface area (TPSA) is 82.5 Å². The van der Waals surface area contributed by atoms with Crippen molar-refractivity contribution in [1.29, 1.82) is 0 Å². The summed E-state index contributed by atoms with van der Waals surface area (Å²) in [5, 5.41) is 12.7. The van der Waals surface area contributed by atoms with E-state index in [1.54, 1.807) is 24.4 Å². The number of carbonyl (C=O) groups is 2. The lowest BCUT2D eigenvalue weighted by Gasteiger charge is -2.32. The molecule has 6 nitrogen and oxygen atoms in total. The maximum atomic E-state index is 13.0. The molecule has 0 saturated heterocycles. The molecule has 1 aliphatic carbocycles. The van der Waals surface area contributed by atoms with Gasteiger partial charge in [-0.1, -0.05) is 60.7 Å². The van der Waals surface area contributed by atoms with Crippen molar-refractivity contribution in [2.45, 2.75) is 38.4 Å². The zero-order chi connectivity index (χ0) is 26.8. The number of carbonyl (C=O) groups excluding carboxylic acids is 1. The first-order valence-corrected chi connectivity index (χ1v) is 13.5. The average Bonchev–Trinajstić information content (AvgIpc) is 3.78. The van der Waals surface area contributed by atoms with Crippen LogP contribution in [0.1, 0.15) is 50.5 Å². The summed E-state index contributed by atoms with van der Waals surface area (Å²) in [6.45, 7) is 2.94. The molecule has 6 rings (SSSR count). The minimum atomic E-state index is -0.929. The highest BCUT2D eigenvalue weighted by Gasteiger charge is 2.43. The van der Waals surface area contributed by atoms with E-state index in [9.17, 15) is 14.7 Å². The summed E-state index contributed by atoms with van der Waals surface area (Å²) >= 11 is 0. The summed E-state index contributed by atoms with van der Waals surface area (Å²) in [7, 11) is 0. The Labute approximate surface area is 228 Å². The number of benzene rings is 3. The van der Waals surface area contributed by atoms with Gasteiger partial charge in [-0.3, -0.25) is 14.7 Å². The first-order chi connectivity index (χ1) is 19.1. The van der Waals surface area contributed by atoms with Gasteiger partial charge in [-0.15, -0.1) is 0 Å². The monoisotopic (exact) mass is 517 g/mol. The zero-order valence-corrected chi connectivity index (χ0v) is 21.7. The smallest absolute Gasteiger partial charge is 0.335 e. The summed E-state index contributed by atoms with van der Waals surface area (Å²) in [5.41, 5.74) is 8.23. The molecule has 0 bridgehead atoms. The summed E-state index contributed by atoms with van der Waals surface area (Å²) in [5.74, 6) is -0.484. The van der Waals surface area contributed by atoms with Gasteiger partial charge in [0.25, 0.3) is 0 Å². The van der Waals surface area contributed by atoms with Crippen LogP contribution in [0.15, 0.2) is 91.3 Å². The van der Waals surface area contributed by atoms with E-state index in [2.05, 4.69) is 45.5 Å². The molecule has 2 aliphatic rings. The molecule has 4 aromatic rings. The molecule has 2 atom stereocenters. The number of carboxylic acids is 1. The first kappa shape index (κ1) is 25.0. The van der Waals surface area contributed by atoms with Gasteiger partial charge in [0.2, 0.25) is 5.91 Å². The van der Waals surface area contributed by atoms with Crippen LogP contribution in [-0.2, 0) is 30.8 Å². The van der Waals surface area contributed by atoms with E-state index >= 15 is 0 Å². The average molecular weight is 518 g/mol. The molecule has 0 spiro atoms. The Morgan fingerprint density at radius 2 is 1.85 bits per heavy atom. The molecule has 2 N–H and O–H groups in total. The number of rotatable bonds is 8. The highest BCUT2D eigenvalue weighted by atomic mass is 16.4. The van der Waals surface area contributed by atoms with Gasteiger partial charge < -0.3 is 10.4 Å². The number of amides is 1. The first-order valence-electron chi connectivity index (χ1n) is 13.5. The predicted octanol–water partition coefficient (Wildman–Crippen LogP) is 5.43. The summed E-state index contributed by atoms with van der Waals surface area (Å²) in [4.78, 5) is 31.3. The minimum Gasteiger partial charge on any atom is -0.478 e. The number of fused-ring (bicyclic) bond motifs is 1. The van der Waals surface area contributed by atoms with Crippen LogP contribution in [0.5, 0.6) is 0 Å². The molecule has 39 heavy (non-hydrogen) atoms. The quantitative estimate of drug-likeness (QED) is 0.326. The van der Waals surface area contributed by atoms with Crippen molar-refractivity contribution in [3.63, 3.8) is 0 Å². The Hall–Kier alpha value is -4.29. The number of carboxylic acid groups (broad SMARTS) is 1. The second kappa shape index (κ2) is 10.8. The zero-order valence-electron chi connectivity index (χ0n) is 21.7. The minimum absolute atomic E-state index is 0.0309. The molecule has 0 radical (unpaired) electrons. The summed E-state index contributed by atoms with van der Waals surface area (Å²) in [6.07, 6.45) is 5.44. The van der Waals surface area contributed by atoms with Gasteiger partial charge in [-0.05, 0) is 75.9 Å². The van der Waals surface area contributed by atoms with E-state index in [0.29, 0.717) is 12.5 Å². The van der Waals surface area contributed by atoms with Crippen LogP contribution in [0.3, 0.4) is 0 Å². The van der Waals surface area contributed by atoms with E-state index in [-0.39, 0.29) is 17.4 Å². The molecule has 6 heteroatoms. The third kappa shape index (κ3) is 5.47. The Kier molecular flexibility index (Phi) is 6.95. The maximum Gasteiger partial charge on any atom is 0.335 e. The van der Waals surface area contributed by atoms with Crippen molar-refractivity contribution in [2.24, 2.45) is 5.92 Å². The lowest BCUT2D eigenvalue weighted by molar-refractivity contribution is -0.122. The van der Waals surface area contributed by atoms with Crippen LogP contribution in [-0.4, -0.2) is 33.4 Å². The van der Waals surface area contributed by atoms with E-state index in [1.165, 1.54) is 22.3 Å². The molecule has 1 aliphatic heterocycles. The molecule has 0 unspecified atom stereocenters. The lowest BCUT2D eigenvalue weighted by Crippen LogP contribution is -2.32. The second-order valence-corrected chi connectivity index (χ2v) is 10.5. The van der Waals surface area contributed by atoms with Crippen molar-refractivity contribution in [3.8, 4) is 11.1 Å². The molecule has 1 amide bonds. The van der Waals surface area contributed by atoms with Crippen LogP contribution in [0, 0.1) is 5.92 Å². The number of nitrogens with one attached hydrogen (secondary N) is 1. The number of aromatic carboxylic acids is 1. The molecule has 2 heterocycles. The van der Waals surface area contributed by atoms with Gasteiger partial charge in [0.05, 0.1) is 5.56 Å². The Morgan fingerprint density at radius 1 is 0.974 bits per heavy atom. The van der Waals surface area contributed by atoms with Crippen LogP contribution in [0.25, 0.3) is 11.1 Å². The van der Waals surface area contributed by atoms with Crippen molar-refractivity contribution in [2.75, 3.05) is 6.54 Å². The maximum absolute atomic E-state index is 13.0. The molecule has 1 fully saturated rings. The third-order valence-corrected chi connectivity index (χ3v) is 7.95. The Bertz CT molecular complexity index is 1500. The van der Waals surface area contributed by atoms with Gasteiger partial charge in [-0.25, -0.2) is 4.79 Å².